The van der Waals surface area contributed by atoms with E-state index in [0.29, 0.717) is 165 Å². The Morgan fingerprint density at radius 3 is 0.633 bits per heavy atom. The molecule has 0 saturated heterocycles. The molecule has 1 N–H and O–H groups in total. The fraction of sp³-hybridized carbons (Fsp3) is 1.00. The largest absolute Gasteiger partial charge is 0.394 e. The van der Waals surface area contributed by atoms with E-state index in [0.717, 1.165) is 0 Å². The van der Waals surface area contributed by atoms with E-state index in [-0.39, 0.29) is 40.0 Å². The van der Waals surface area contributed by atoms with Crippen LogP contribution in [0.15, 0.2) is 0 Å². The van der Waals surface area contributed by atoms with Gasteiger partial charge in [0.1, 0.15) is 0 Å². The summed E-state index contributed by atoms with van der Waals surface area (Å²) in [6.45, 7) is 11.3. The van der Waals surface area contributed by atoms with E-state index in [9.17, 15) is 26.3 Å². The zero-order chi connectivity index (χ0) is 44.1. The molecule has 0 radical (unpaired) electrons. The second-order valence-electron chi connectivity index (χ2n) is 12.8. The molecule has 0 amide bonds. The molecule has 0 saturated carbocycles. The summed E-state index contributed by atoms with van der Waals surface area (Å²) >= 11 is 0. The summed E-state index contributed by atoms with van der Waals surface area (Å²) in [6.07, 6.45) is -4.90. The zero-order valence-corrected chi connectivity index (χ0v) is 35.4. The molecule has 0 aromatic carbocycles. The van der Waals surface area contributed by atoms with Crippen molar-refractivity contribution in [1.82, 2.24) is 0 Å². The fourth-order valence-corrected chi connectivity index (χ4v) is 4.45. The van der Waals surface area contributed by atoms with Crippen molar-refractivity contribution in [2.45, 2.75) is 44.0 Å². The van der Waals surface area contributed by atoms with Gasteiger partial charge in [0.05, 0.1) is 218 Å². The second-order valence-corrected chi connectivity index (χ2v) is 12.8. The third-order valence-electron chi connectivity index (χ3n) is 7.14. The standard InChI is InChI=1S/C38H72F6O16/c1-36(39,40)34-38(43,44)35-37(41,42)2-4-46-6-8-48-10-12-50-14-16-52-18-20-54-22-24-56-26-28-58-30-32-60-33-31-59-29-27-57-25-23-55-21-19-53-17-15-51-13-11-49-9-7-47-5-3-45/h45H,2-35H2,1H3. The number of rotatable bonds is 51. The molecule has 0 aromatic rings. The Bertz CT molecular complexity index is 871. The first-order valence-corrected chi connectivity index (χ1v) is 20.4. The van der Waals surface area contributed by atoms with Gasteiger partial charge in [-0.1, -0.05) is 0 Å². The van der Waals surface area contributed by atoms with Gasteiger partial charge in [-0.3, -0.25) is 0 Å². The van der Waals surface area contributed by atoms with Crippen LogP contribution in [0, 0.1) is 0 Å². The molecular formula is C38H72F6O16. The maximum atomic E-state index is 13.7. The maximum absolute atomic E-state index is 13.7. The van der Waals surface area contributed by atoms with E-state index in [4.69, 9.17) is 76.2 Å². The minimum absolute atomic E-state index is 0.00887. The average Bonchev–Trinajstić information content (AvgIpc) is 3.17. The Balaban J connectivity index is 3.19. The molecule has 60 heavy (non-hydrogen) atoms. The van der Waals surface area contributed by atoms with E-state index >= 15 is 0 Å². The van der Waals surface area contributed by atoms with Crippen LogP contribution < -0.4 is 0 Å². The van der Waals surface area contributed by atoms with Crippen molar-refractivity contribution < 1.29 is 103 Å². The van der Waals surface area contributed by atoms with Crippen LogP contribution in [-0.2, 0) is 71.1 Å². The first-order valence-electron chi connectivity index (χ1n) is 20.4. The monoisotopic (exact) mass is 898 g/mol. The van der Waals surface area contributed by atoms with Gasteiger partial charge < -0.3 is 76.2 Å². The van der Waals surface area contributed by atoms with Gasteiger partial charge in [0.15, 0.2) is 0 Å². The van der Waals surface area contributed by atoms with Crippen molar-refractivity contribution in [3.8, 4) is 0 Å². The number of alkyl halides is 6. The zero-order valence-electron chi connectivity index (χ0n) is 35.4. The minimum atomic E-state index is -4.18. The lowest BCUT2D eigenvalue weighted by atomic mass is 10.0. The first-order chi connectivity index (χ1) is 29.0. The highest BCUT2D eigenvalue weighted by Gasteiger charge is 2.47. The van der Waals surface area contributed by atoms with Crippen molar-refractivity contribution in [1.29, 1.82) is 0 Å². The van der Waals surface area contributed by atoms with Gasteiger partial charge in [0, 0.05) is 6.42 Å². The summed E-state index contributed by atoms with van der Waals surface area (Å²) in [5.41, 5.74) is 0. The van der Waals surface area contributed by atoms with Crippen LogP contribution >= 0.6 is 0 Å². The van der Waals surface area contributed by atoms with E-state index in [1.54, 1.807) is 0 Å². The van der Waals surface area contributed by atoms with Crippen molar-refractivity contribution in [3.05, 3.63) is 0 Å². The highest BCUT2D eigenvalue weighted by molar-refractivity contribution is 4.81. The van der Waals surface area contributed by atoms with Crippen LogP contribution in [0.3, 0.4) is 0 Å². The number of hydrogen-bond acceptors (Lipinski definition) is 16. The molecule has 0 atom stereocenters. The lowest BCUT2D eigenvalue weighted by molar-refractivity contribution is -0.157. The van der Waals surface area contributed by atoms with E-state index in [1.165, 1.54) is 0 Å². The summed E-state index contributed by atoms with van der Waals surface area (Å²) in [6, 6.07) is 0. The van der Waals surface area contributed by atoms with Gasteiger partial charge in [-0.05, 0) is 6.92 Å². The van der Waals surface area contributed by atoms with Crippen molar-refractivity contribution in [2.24, 2.45) is 0 Å². The molecule has 0 aliphatic heterocycles. The summed E-state index contributed by atoms with van der Waals surface area (Å²) in [5, 5.41) is 8.59. The lowest BCUT2D eigenvalue weighted by Gasteiger charge is -2.25. The number of halogens is 6. The normalized spacial score (nSPS) is 12.6. The molecule has 0 unspecified atom stereocenters. The number of ether oxygens (including phenoxy) is 15. The quantitative estimate of drug-likeness (QED) is 0.0700. The van der Waals surface area contributed by atoms with Crippen molar-refractivity contribution in [3.63, 3.8) is 0 Å². The molecule has 0 aliphatic rings. The van der Waals surface area contributed by atoms with Gasteiger partial charge in [0.2, 0.25) is 0 Å². The Labute approximate surface area is 351 Å². The Kier molecular flexibility index (Phi) is 42.4. The maximum Gasteiger partial charge on any atom is 0.259 e. The first kappa shape index (κ1) is 58.9. The number of aliphatic hydroxyl groups is 1. The molecular weight excluding hydrogens is 826 g/mol. The van der Waals surface area contributed by atoms with Gasteiger partial charge in [0.25, 0.3) is 17.8 Å². The highest BCUT2D eigenvalue weighted by Crippen LogP contribution is 2.39. The van der Waals surface area contributed by atoms with E-state index in [1.807, 2.05) is 0 Å². The smallest absolute Gasteiger partial charge is 0.259 e. The van der Waals surface area contributed by atoms with Crippen LogP contribution in [-0.4, -0.2) is 228 Å². The predicted octanol–water partition coefficient (Wildman–Crippen LogP) is 3.32. The SMILES string of the molecule is CC(F)(F)CC(F)(F)CC(F)(F)CCOCCOCCOCCOCCOCCOCCOCCOCCOCCOCCOCCOCCOCCOCCOCCO. The molecule has 0 fully saturated rings. The van der Waals surface area contributed by atoms with E-state index in [2.05, 4.69) is 0 Å². The van der Waals surface area contributed by atoms with Crippen molar-refractivity contribution in [2.75, 3.05) is 205 Å². The molecule has 362 valence electrons. The van der Waals surface area contributed by atoms with Crippen molar-refractivity contribution >= 4 is 0 Å². The minimum Gasteiger partial charge on any atom is -0.394 e. The van der Waals surface area contributed by atoms with Gasteiger partial charge in [-0.25, -0.2) is 26.3 Å². The third-order valence-corrected chi connectivity index (χ3v) is 7.14. The van der Waals surface area contributed by atoms with Gasteiger partial charge in [-0.15, -0.1) is 0 Å². The van der Waals surface area contributed by atoms with E-state index < -0.39 is 43.6 Å². The summed E-state index contributed by atoms with van der Waals surface area (Å²) in [4.78, 5) is 0. The van der Waals surface area contributed by atoms with Gasteiger partial charge >= 0.3 is 0 Å². The Morgan fingerprint density at radius 1 is 0.267 bits per heavy atom. The summed E-state index contributed by atoms with van der Waals surface area (Å²) in [7, 11) is 0. The van der Waals surface area contributed by atoms with Crippen LogP contribution in [0.4, 0.5) is 26.3 Å². The molecule has 22 heteroatoms. The van der Waals surface area contributed by atoms with Crippen LogP contribution in [0.5, 0.6) is 0 Å². The topological polar surface area (TPSA) is 159 Å². The van der Waals surface area contributed by atoms with Crippen LogP contribution in [0.25, 0.3) is 0 Å². The summed E-state index contributed by atoms with van der Waals surface area (Å²) in [5.74, 6) is -11.8. The lowest BCUT2D eigenvalue weighted by Crippen LogP contribution is -2.34. The molecule has 16 nitrogen and oxygen atoms in total. The molecule has 0 bridgehead atoms. The molecule has 0 aliphatic carbocycles. The number of hydrogen-bond donors (Lipinski definition) is 1. The number of aliphatic hydroxyl groups excluding tert-OH is 1. The van der Waals surface area contributed by atoms with Crippen LogP contribution in [0.2, 0.25) is 0 Å². The molecule has 0 aromatic heterocycles. The highest BCUT2D eigenvalue weighted by atomic mass is 19.3. The van der Waals surface area contributed by atoms with Gasteiger partial charge in [-0.2, -0.15) is 0 Å². The van der Waals surface area contributed by atoms with Crippen LogP contribution in [0.1, 0.15) is 26.2 Å². The molecule has 0 heterocycles. The Morgan fingerprint density at radius 2 is 0.450 bits per heavy atom. The summed E-state index contributed by atoms with van der Waals surface area (Å²) < 4.78 is 160. The Hall–Kier alpha value is -1.06. The molecule has 0 rings (SSSR count). The second kappa shape index (κ2) is 43.2. The predicted molar refractivity (Wildman–Crippen MR) is 204 cm³/mol. The fourth-order valence-electron chi connectivity index (χ4n) is 4.45. The third kappa shape index (κ3) is 49.6. The average molecular weight is 899 g/mol. The molecule has 0 spiro atoms.